The van der Waals surface area contributed by atoms with E-state index in [0.29, 0.717) is 6.04 Å². The lowest BCUT2D eigenvalue weighted by atomic mass is 10.1. The van der Waals surface area contributed by atoms with Crippen molar-refractivity contribution in [2.24, 2.45) is 0 Å². The Bertz CT molecular complexity index is 650. The molecule has 0 saturated heterocycles. The molecule has 140 valence electrons. The predicted molar refractivity (Wildman–Crippen MR) is 116 cm³/mol. The molecule has 0 radical (unpaired) electrons. The smallest absolute Gasteiger partial charge is 0.170 e. The SMILES string of the molecule is COc1cc(NCCCCCNC(C)C)c2ncccc2c1OC.I. The minimum Gasteiger partial charge on any atom is -0.493 e. The highest BCUT2D eigenvalue weighted by atomic mass is 127. The molecule has 0 atom stereocenters. The molecule has 0 amide bonds. The van der Waals surface area contributed by atoms with Gasteiger partial charge in [0.1, 0.15) is 0 Å². The number of anilines is 1. The fraction of sp³-hybridized carbons (Fsp3) is 0.526. The average molecular weight is 459 g/mol. The molecule has 0 bridgehead atoms. The van der Waals surface area contributed by atoms with Gasteiger partial charge in [-0.1, -0.05) is 20.3 Å². The molecule has 0 fully saturated rings. The van der Waals surface area contributed by atoms with Crippen LogP contribution in [0.2, 0.25) is 0 Å². The number of rotatable bonds is 10. The van der Waals surface area contributed by atoms with E-state index in [9.17, 15) is 0 Å². The van der Waals surface area contributed by atoms with Crippen LogP contribution in [-0.2, 0) is 0 Å². The fourth-order valence-corrected chi connectivity index (χ4v) is 2.74. The van der Waals surface area contributed by atoms with Crippen molar-refractivity contribution in [2.45, 2.75) is 39.2 Å². The van der Waals surface area contributed by atoms with E-state index >= 15 is 0 Å². The van der Waals surface area contributed by atoms with Crippen molar-refractivity contribution in [1.82, 2.24) is 10.3 Å². The zero-order valence-corrected chi connectivity index (χ0v) is 17.9. The van der Waals surface area contributed by atoms with Gasteiger partial charge in [-0.05, 0) is 31.5 Å². The molecule has 0 unspecified atom stereocenters. The van der Waals surface area contributed by atoms with Crippen LogP contribution in [0.3, 0.4) is 0 Å². The number of benzene rings is 1. The van der Waals surface area contributed by atoms with E-state index < -0.39 is 0 Å². The Morgan fingerprint density at radius 3 is 2.52 bits per heavy atom. The normalized spacial score (nSPS) is 10.6. The predicted octanol–water partition coefficient (Wildman–Crippen LogP) is 4.45. The molecule has 1 heterocycles. The van der Waals surface area contributed by atoms with Crippen LogP contribution in [0.15, 0.2) is 24.4 Å². The number of halogens is 1. The molecule has 2 aromatic rings. The van der Waals surface area contributed by atoms with Crippen molar-refractivity contribution in [2.75, 3.05) is 32.6 Å². The number of aromatic nitrogens is 1. The monoisotopic (exact) mass is 459 g/mol. The third kappa shape index (κ3) is 6.18. The van der Waals surface area contributed by atoms with Crippen molar-refractivity contribution in [3.05, 3.63) is 24.4 Å². The summed E-state index contributed by atoms with van der Waals surface area (Å²) >= 11 is 0. The molecule has 25 heavy (non-hydrogen) atoms. The second kappa shape index (κ2) is 11.4. The van der Waals surface area contributed by atoms with Crippen molar-refractivity contribution in [1.29, 1.82) is 0 Å². The first-order chi connectivity index (χ1) is 11.7. The number of unbranched alkanes of at least 4 members (excludes halogenated alkanes) is 2. The Morgan fingerprint density at radius 1 is 1.08 bits per heavy atom. The number of hydrogen-bond acceptors (Lipinski definition) is 5. The van der Waals surface area contributed by atoms with Gasteiger partial charge in [0.2, 0.25) is 0 Å². The van der Waals surface area contributed by atoms with Crippen molar-refractivity contribution >= 4 is 40.6 Å². The van der Waals surface area contributed by atoms with Crippen LogP contribution in [0.1, 0.15) is 33.1 Å². The summed E-state index contributed by atoms with van der Waals surface area (Å²) in [6.45, 7) is 6.36. The van der Waals surface area contributed by atoms with E-state index in [1.807, 2.05) is 18.2 Å². The quantitative estimate of drug-likeness (QED) is 0.406. The Morgan fingerprint density at radius 2 is 1.84 bits per heavy atom. The van der Waals surface area contributed by atoms with E-state index in [-0.39, 0.29) is 24.0 Å². The molecule has 0 saturated carbocycles. The summed E-state index contributed by atoms with van der Waals surface area (Å²) in [5.41, 5.74) is 1.90. The Labute approximate surface area is 167 Å². The van der Waals surface area contributed by atoms with Crippen LogP contribution in [0, 0.1) is 0 Å². The van der Waals surface area contributed by atoms with Crippen LogP contribution in [-0.4, -0.2) is 38.3 Å². The van der Waals surface area contributed by atoms with Crippen molar-refractivity contribution < 1.29 is 9.47 Å². The van der Waals surface area contributed by atoms with Gasteiger partial charge in [0.25, 0.3) is 0 Å². The van der Waals surface area contributed by atoms with E-state index in [0.717, 1.165) is 47.6 Å². The van der Waals surface area contributed by atoms with E-state index in [1.165, 1.54) is 12.8 Å². The standard InChI is InChI=1S/C19H29N3O2.HI/c1-14(2)20-10-6-5-7-11-21-16-13-17(23-3)19(24-4)15-9-8-12-22-18(15)16;/h8-9,12-14,20-21H,5-7,10-11H2,1-4H3;1H. The van der Waals surface area contributed by atoms with Crippen LogP contribution >= 0.6 is 24.0 Å². The van der Waals surface area contributed by atoms with Gasteiger partial charge in [-0.25, -0.2) is 0 Å². The van der Waals surface area contributed by atoms with Crippen LogP contribution in [0.5, 0.6) is 11.5 Å². The van der Waals surface area contributed by atoms with Gasteiger partial charge < -0.3 is 20.1 Å². The summed E-state index contributed by atoms with van der Waals surface area (Å²) < 4.78 is 11.0. The average Bonchev–Trinajstić information content (AvgIpc) is 2.59. The summed E-state index contributed by atoms with van der Waals surface area (Å²) in [6.07, 6.45) is 5.33. The van der Waals surface area contributed by atoms with Crippen LogP contribution in [0.25, 0.3) is 10.9 Å². The third-order valence-electron chi connectivity index (χ3n) is 3.95. The lowest BCUT2D eigenvalue weighted by Gasteiger charge is -2.15. The third-order valence-corrected chi connectivity index (χ3v) is 3.95. The summed E-state index contributed by atoms with van der Waals surface area (Å²) in [5.74, 6) is 1.45. The molecular formula is C19H30IN3O2. The summed E-state index contributed by atoms with van der Waals surface area (Å²) in [4.78, 5) is 4.50. The number of hydrogen-bond donors (Lipinski definition) is 2. The minimum atomic E-state index is 0. The van der Waals surface area contributed by atoms with Gasteiger partial charge in [-0.3, -0.25) is 4.98 Å². The zero-order chi connectivity index (χ0) is 17.4. The largest absolute Gasteiger partial charge is 0.493 e. The van der Waals surface area contributed by atoms with Gasteiger partial charge >= 0.3 is 0 Å². The van der Waals surface area contributed by atoms with Gasteiger partial charge in [0.15, 0.2) is 11.5 Å². The number of pyridine rings is 1. The number of nitrogens with zero attached hydrogens (tertiary/aromatic N) is 1. The topological polar surface area (TPSA) is 55.4 Å². The molecule has 0 spiro atoms. The first-order valence-corrected chi connectivity index (χ1v) is 8.64. The van der Waals surface area contributed by atoms with E-state index in [2.05, 4.69) is 29.5 Å². The van der Waals surface area contributed by atoms with Gasteiger partial charge in [0.05, 0.1) is 25.4 Å². The van der Waals surface area contributed by atoms with Gasteiger partial charge in [-0.15, -0.1) is 24.0 Å². The molecule has 0 aliphatic rings. The molecule has 1 aromatic heterocycles. The molecule has 6 heteroatoms. The number of fused-ring (bicyclic) bond motifs is 1. The molecule has 0 aliphatic heterocycles. The number of methoxy groups -OCH3 is 2. The maximum absolute atomic E-state index is 5.49. The Balaban J connectivity index is 0.00000312. The summed E-state index contributed by atoms with van der Waals surface area (Å²) in [7, 11) is 3.31. The second-order valence-corrected chi connectivity index (χ2v) is 6.16. The zero-order valence-electron chi connectivity index (χ0n) is 15.6. The van der Waals surface area contributed by atoms with Crippen LogP contribution in [0.4, 0.5) is 5.69 Å². The lowest BCUT2D eigenvalue weighted by molar-refractivity contribution is 0.358. The molecule has 2 N–H and O–H groups in total. The first-order valence-electron chi connectivity index (χ1n) is 8.64. The Kier molecular flexibility index (Phi) is 9.89. The van der Waals surface area contributed by atoms with Gasteiger partial charge in [-0.2, -0.15) is 0 Å². The van der Waals surface area contributed by atoms with E-state index in [1.54, 1.807) is 20.4 Å². The van der Waals surface area contributed by atoms with Crippen molar-refractivity contribution in [3.8, 4) is 11.5 Å². The maximum Gasteiger partial charge on any atom is 0.170 e. The van der Waals surface area contributed by atoms with Crippen LogP contribution < -0.4 is 20.1 Å². The van der Waals surface area contributed by atoms with Gasteiger partial charge in [0, 0.05) is 30.2 Å². The maximum atomic E-state index is 5.49. The Hall–Kier alpha value is -1.28. The number of nitrogens with one attached hydrogen (secondary N) is 2. The fourth-order valence-electron chi connectivity index (χ4n) is 2.74. The second-order valence-electron chi connectivity index (χ2n) is 6.16. The van der Waals surface area contributed by atoms with E-state index in [4.69, 9.17) is 9.47 Å². The van der Waals surface area contributed by atoms with Crippen molar-refractivity contribution in [3.63, 3.8) is 0 Å². The summed E-state index contributed by atoms with van der Waals surface area (Å²) in [5, 5.41) is 7.90. The molecule has 1 aromatic carbocycles. The first kappa shape index (κ1) is 21.8. The lowest BCUT2D eigenvalue weighted by Crippen LogP contribution is -2.23. The minimum absolute atomic E-state index is 0. The summed E-state index contributed by atoms with van der Waals surface area (Å²) in [6, 6.07) is 6.45. The highest BCUT2D eigenvalue weighted by Gasteiger charge is 2.13. The highest BCUT2D eigenvalue weighted by molar-refractivity contribution is 14.0. The molecule has 0 aliphatic carbocycles. The highest BCUT2D eigenvalue weighted by Crippen LogP contribution is 2.39. The molecule has 5 nitrogen and oxygen atoms in total. The number of ether oxygens (including phenoxy) is 2. The molecule has 2 rings (SSSR count). The molecular weight excluding hydrogens is 429 g/mol.